The SMILES string of the molecule is C=CC(=O)N(CCCCC)C1CC(N2CCN(CC)CC2)CCC1Nc1ncc2c(n1)N(C)C(O)N(c1c(Cl)c(OC)cc(OC)c1Cl)C2. The summed E-state index contributed by atoms with van der Waals surface area (Å²) in [6.07, 6.45) is 7.93. The summed E-state index contributed by atoms with van der Waals surface area (Å²) in [5, 5.41) is 15.7. The average Bonchev–Trinajstić information content (AvgIpc) is 3.12. The van der Waals surface area contributed by atoms with Crippen LogP contribution in [0.2, 0.25) is 10.0 Å². The van der Waals surface area contributed by atoms with Crippen LogP contribution in [0, 0.1) is 0 Å². The first-order valence-electron chi connectivity index (χ1n) is 17.4. The molecular formula is C35H52Cl2N8O4. The van der Waals surface area contributed by atoms with Gasteiger partial charge >= 0.3 is 0 Å². The highest BCUT2D eigenvalue weighted by atomic mass is 35.5. The number of hydrogen-bond donors (Lipinski definition) is 2. The van der Waals surface area contributed by atoms with E-state index in [0.717, 1.165) is 76.8 Å². The van der Waals surface area contributed by atoms with Gasteiger partial charge in [0, 0.05) is 69.7 Å². The molecule has 0 spiro atoms. The number of carbonyl (C=O) groups is 1. The number of aliphatic hydroxyl groups is 1. The van der Waals surface area contributed by atoms with E-state index >= 15 is 0 Å². The number of benzene rings is 1. The van der Waals surface area contributed by atoms with Crippen LogP contribution in [0.15, 0.2) is 24.9 Å². The van der Waals surface area contributed by atoms with Gasteiger partial charge in [0.05, 0.1) is 32.5 Å². The van der Waals surface area contributed by atoms with Crippen molar-refractivity contribution >= 4 is 46.6 Å². The first-order chi connectivity index (χ1) is 23.6. The highest BCUT2D eigenvalue weighted by Crippen LogP contribution is 2.48. The molecular weight excluding hydrogens is 667 g/mol. The number of halogens is 2. The van der Waals surface area contributed by atoms with Crippen molar-refractivity contribution in [3.63, 3.8) is 0 Å². The number of ether oxygens (including phenoxy) is 2. The minimum atomic E-state index is -1.14. The Bertz CT molecular complexity index is 1430. The van der Waals surface area contributed by atoms with Gasteiger partial charge in [-0.25, -0.2) is 4.98 Å². The molecule has 5 rings (SSSR count). The van der Waals surface area contributed by atoms with Gasteiger partial charge in [-0.05, 0) is 38.3 Å². The van der Waals surface area contributed by atoms with E-state index in [0.29, 0.717) is 41.5 Å². The fourth-order valence-corrected chi connectivity index (χ4v) is 8.17. The maximum Gasteiger partial charge on any atom is 0.246 e. The van der Waals surface area contributed by atoms with E-state index in [4.69, 9.17) is 42.6 Å². The fourth-order valence-electron chi connectivity index (χ4n) is 7.46. The summed E-state index contributed by atoms with van der Waals surface area (Å²) in [5.41, 5.74) is 1.17. The molecule has 3 heterocycles. The summed E-state index contributed by atoms with van der Waals surface area (Å²) in [6, 6.07) is 1.92. The Labute approximate surface area is 300 Å². The summed E-state index contributed by atoms with van der Waals surface area (Å²) in [4.78, 5) is 33.5. The number of carbonyl (C=O) groups excluding carboxylic acids is 1. The number of hydrogen-bond acceptors (Lipinski definition) is 11. The number of amides is 1. The highest BCUT2D eigenvalue weighted by Gasteiger charge is 2.40. The second-order valence-electron chi connectivity index (χ2n) is 13.1. The summed E-state index contributed by atoms with van der Waals surface area (Å²) >= 11 is 13.4. The predicted octanol–water partition coefficient (Wildman–Crippen LogP) is 5.08. The molecule has 2 fully saturated rings. The minimum Gasteiger partial charge on any atom is -0.495 e. The van der Waals surface area contributed by atoms with Gasteiger partial charge in [0.15, 0.2) is 0 Å². The number of fused-ring (bicyclic) bond motifs is 1. The maximum absolute atomic E-state index is 13.4. The molecule has 3 aliphatic rings. The summed E-state index contributed by atoms with van der Waals surface area (Å²) < 4.78 is 10.9. The molecule has 0 radical (unpaired) electrons. The molecule has 1 aromatic carbocycles. The van der Waals surface area contributed by atoms with Crippen LogP contribution in [-0.2, 0) is 11.3 Å². The molecule has 2 aliphatic heterocycles. The van der Waals surface area contributed by atoms with Crippen molar-refractivity contribution in [1.82, 2.24) is 24.7 Å². The standard InChI is InChI=1S/C35H52Cl2N8O4/c1-7-10-11-14-44(29(46)8-2)26-19-24(43-17-15-42(9-3)16-18-43)12-13-25(26)39-34-38-21-23-22-45(35(47)41(4)33(23)40-34)32-30(36)27(48-5)20-28(49-6)31(32)37/h8,20-21,24-26,35,47H,2,7,9-19,22H2,1,3-6H3,(H,38,39,40). The summed E-state index contributed by atoms with van der Waals surface area (Å²) in [5.74, 6) is 1.76. The first-order valence-corrected chi connectivity index (χ1v) is 18.2. The van der Waals surface area contributed by atoms with Crippen LogP contribution >= 0.6 is 23.2 Å². The number of anilines is 3. The zero-order valence-corrected chi connectivity index (χ0v) is 31.0. The number of piperazine rings is 1. The van der Waals surface area contributed by atoms with Crippen molar-refractivity contribution in [1.29, 1.82) is 0 Å². The quantitative estimate of drug-likeness (QED) is 0.214. The van der Waals surface area contributed by atoms with Crippen molar-refractivity contribution in [2.75, 3.05) is 75.7 Å². The number of nitrogens with zero attached hydrogens (tertiary/aromatic N) is 7. The van der Waals surface area contributed by atoms with E-state index in [-0.39, 0.29) is 34.6 Å². The van der Waals surface area contributed by atoms with Gasteiger partial charge < -0.3 is 39.5 Å². The zero-order valence-electron chi connectivity index (χ0n) is 29.5. The van der Waals surface area contributed by atoms with Crippen LogP contribution in [-0.4, -0.2) is 121 Å². The van der Waals surface area contributed by atoms with Crippen LogP contribution in [0.3, 0.4) is 0 Å². The van der Waals surface area contributed by atoms with E-state index in [1.165, 1.54) is 20.3 Å². The third kappa shape index (κ3) is 7.99. The highest BCUT2D eigenvalue weighted by molar-refractivity contribution is 6.41. The molecule has 0 bridgehead atoms. The monoisotopic (exact) mass is 718 g/mol. The lowest BCUT2D eigenvalue weighted by atomic mass is 9.84. The van der Waals surface area contributed by atoms with Gasteiger partial charge in [-0.15, -0.1) is 0 Å². The predicted molar refractivity (Wildman–Crippen MR) is 196 cm³/mol. The summed E-state index contributed by atoms with van der Waals surface area (Å²) in [7, 11) is 4.78. The van der Waals surface area contributed by atoms with Gasteiger partial charge in [-0.2, -0.15) is 4.98 Å². The van der Waals surface area contributed by atoms with Gasteiger partial charge in [-0.1, -0.05) is 56.5 Å². The molecule has 14 heteroatoms. The van der Waals surface area contributed by atoms with E-state index in [2.05, 4.69) is 35.5 Å². The van der Waals surface area contributed by atoms with Gasteiger partial charge in [0.2, 0.25) is 18.2 Å². The van der Waals surface area contributed by atoms with Crippen molar-refractivity contribution in [3.8, 4) is 11.5 Å². The number of methoxy groups -OCH3 is 2. The third-order valence-corrected chi connectivity index (χ3v) is 11.0. The molecule has 49 heavy (non-hydrogen) atoms. The fraction of sp³-hybridized carbons (Fsp3) is 0.629. The van der Waals surface area contributed by atoms with E-state index in [1.54, 1.807) is 29.1 Å². The second kappa shape index (κ2) is 16.8. The number of likely N-dealkylation sites (N-methyl/N-ethyl adjacent to an activating group) is 1. The van der Waals surface area contributed by atoms with Crippen LogP contribution in [0.1, 0.15) is 57.9 Å². The molecule has 2 N–H and O–H groups in total. The lowest BCUT2D eigenvalue weighted by Gasteiger charge is -2.47. The molecule has 1 amide bonds. The lowest BCUT2D eigenvalue weighted by Crippen LogP contribution is -2.58. The average molecular weight is 720 g/mol. The molecule has 1 saturated carbocycles. The lowest BCUT2D eigenvalue weighted by molar-refractivity contribution is -0.129. The Morgan fingerprint density at radius 1 is 1.12 bits per heavy atom. The number of unbranched alkanes of at least 4 members (excludes halogenated alkanes) is 2. The van der Waals surface area contributed by atoms with Gasteiger partial charge in [0.1, 0.15) is 27.4 Å². The van der Waals surface area contributed by atoms with E-state index in [9.17, 15) is 9.90 Å². The van der Waals surface area contributed by atoms with Gasteiger partial charge in [-0.3, -0.25) is 9.69 Å². The molecule has 270 valence electrons. The number of aliphatic hydroxyl groups excluding tert-OH is 1. The smallest absolute Gasteiger partial charge is 0.246 e. The third-order valence-electron chi connectivity index (χ3n) is 10.3. The topological polar surface area (TPSA) is 110 Å². The second-order valence-corrected chi connectivity index (χ2v) is 13.8. The molecule has 1 aromatic heterocycles. The largest absolute Gasteiger partial charge is 0.495 e. The molecule has 1 aliphatic carbocycles. The minimum absolute atomic E-state index is 0.0369. The number of rotatable bonds is 13. The van der Waals surface area contributed by atoms with Crippen molar-refractivity contribution in [2.24, 2.45) is 0 Å². The molecule has 2 aromatic rings. The van der Waals surface area contributed by atoms with Crippen LogP contribution in [0.25, 0.3) is 0 Å². The molecule has 4 atom stereocenters. The molecule has 4 unspecified atom stereocenters. The Morgan fingerprint density at radius 2 is 1.82 bits per heavy atom. The molecule has 12 nitrogen and oxygen atoms in total. The number of aromatic nitrogens is 2. The normalized spacial score (nSPS) is 23.2. The maximum atomic E-state index is 13.4. The Balaban J connectivity index is 1.40. The summed E-state index contributed by atoms with van der Waals surface area (Å²) in [6.45, 7) is 14.5. The van der Waals surface area contributed by atoms with E-state index < -0.39 is 6.35 Å². The molecule has 1 saturated heterocycles. The van der Waals surface area contributed by atoms with Crippen LogP contribution in [0.4, 0.5) is 17.5 Å². The zero-order chi connectivity index (χ0) is 35.2. The van der Waals surface area contributed by atoms with Crippen molar-refractivity contribution in [3.05, 3.63) is 40.5 Å². The van der Waals surface area contributed by atoms with Crippen molar-refractivity contribution < 1.29 is 19.4 Å². The van der Waals surface area contributed by atoms with Crippen LogP contribution in [0.5, 0.6) is 11.5 Å². The van der Waals surface area contributed by atoms with Crippen LogP contribution < -0.4 is 24.6 Å². The Morgan fingerprint density at radius 3 is 2.43 bits per heavy atom. The Hall–Kier alpha value is -3.03. The Kier molecular flexibility index (Phi) is 12.8. The first kappa shape index (κ1) is 37.2. The van der Waals surface area contributed by atoms with Crippen molar-refractivity contribution in [2.45, 2.75) is 83.4 Å². The van der Waals surface area contributed by atoms with E-state index in [1.807, 2.05) is 4.90 Å². The van der Waals surface area contributed by atoms with Gasteiger partial charge in [0.25, 0.3) is 0 Å². The number of nitrogens with one attached hydrogen (secondary N) is 1.